The number of piperidine rings is 1. The summed E-state index contributed by atoms with van der Waals surface area (Å²) in [6.07, 6.45) is 4.74. The molecule has 0 radical (unpaired) electrons. The summed E-state index contributed by atoms with van der Waals surface area (Å²) in [6.45, 7) is 2.87. The number of amides is 1. The van der Waals surface area contributed by atoms with E-state index in [-0.39, 0.29) is 19.0 Å². The number of rotatable bonds is 4. The van der Waals surface area contributed by atoms with Gasteiger partial charge in [0.2, 0.25) is 5.91 Å². The van der Waals surface area contributed by atoms with Gasteiger partial charge in [0.25, 0.3) is 0 Å². The summed E-state index contributed by atoms with van der Waals surface area (Å²) >= 11 is 0. The van der Waals surface area contributed by atoms with E-state index in [1.807, 2.05) is 6.92 Å². The Morgan fingerprint density at radius 2 is 2.26 bits per heavy atom. The van der Waals surface area contributed by atoms with E-state index < -0.39 is 11.4 Å². The van der Waals surface area contributed by atoms with Crippen molar-refractivity contribution in [2.24, 2.45) is 5.41 Å². The van der Waals surface area contributed by atoms with Crippen molar-refractivity contribution in [1.29, 1.82) is 0 Å². The number of carbonyl (C=O) groups excluding carboxylic acids is 1. The highest BCUT2D eigenvalue weighted by Crippen LogP contribution is 2.33. The molecular weight excluding hydrogens is 248 g/mol. The summed E-state index contributed by atoms with van der Waals surface area (Å²) in [5.41, 5.74) is -0.795. The third-order valence-electron chi connectivity index (χ3n) is 3.82. The van der Waals surface area contributed by atoms with Crippen LogP contribution < -0.4 is 0 Å². The molecule has 1 fully saturated rings. The highest BCUT2D eigenvalue weighted by atomic mass is 16.4. The van der Waals surface area contributed by atoms with Crippen molar-refractivity contribution in [2.45, 2.75) is 32.7 Å². The lowest BCUT2D eigenvalue weighted by atomic mass is 9.77. The number of nitrogens with zero attached hydrogens (tertiary/aromatic N) is 4. The van der Waals surface area contributed by atoms with E-state index in [2.05, 4.69) is 10.1 Å². The first-order valence-corrected chi connectivity index (χ1v) is 6.41. The van der Waals surface area contributed by atoms with E-state index in [4.69, 9.17) is 0 Å². The van der Waals surface area contributed by atoms with Crippen LogP contribution in [0.2, 0.25) is 0 Å². The summed E-state index contributed by atoms with van der Waals surface area (Å²) in [7, 11) is 0. The summed E-state index contributed by atoms with van der Waals surface area (Å²) in [4.78, 5) is 29.0. The first-order valence-electron chi connectivity index (χ1n) is 6.41. The molecule has 2 heterocycles. The molecule has 0 saturated carbocycles. The van der Waals surface area contributed by atoms with Gasteiger partial charge in [-0.3, -0.25) is 9.59 Å². The smallest absolute Gasteiger partial charge is 0.311 e. The van der Waals surface area contributed by atoms with E-state index in [1.54, 1.807) is 4.90 Å². The van der Waals surface area contributed by atoms with Gasteiger partial charge in [-0.1, -0.05) is 6.92 Å². The molecule has 19 heavy (non-hydrogen) atoms. The lowest BCUT2D eigenvalue weighted by molar-refractivity contribution is -0.155. The molecule has 7 nitrogen and oxygen atoms in total. The number of aromatic nitrogens is 3. The minimum absolute atomic E-state index is 0.107. The van der Waals surface area contributed by atoms with Gasteiger partial charge in [0.05, 0.1) is 5.41 Å². The molecule has 0 bridgehead atoms. The average Bonchev–Trinajstić information content (AvgIpc) is 2.91. The van der Waals surface area contributed by atoms with Crippen molar-refractivity contribution in [3.8, 4) is 0 Å². The summed E-state index contributed by atoms with van der Waals surface area (Å²) in [6, 6.07) is 0. The van der Waals surface area contributed by atoms with Crippen LogP contribution in [-0.2, 0) is 16.1 Å². The Labute approximate surface area is 111 Å². The second-order valence-corrected chi connectivity index (χ2v) is 4.95. The Morgan fingerprint density at radius 3 is 2.84 bits per heavy atom. The van der Waals surface area contributed by atoms with Crippen LogP contribution in [0.25, 0.3) is 0 Å². The number of carboxylic acid groups (broad SMARTS) is 1. The molecule has 0 aromatic carbocycles. The number of likely N-dealkylation sites (tertiary alicyclic amines) is 1. The van der Waals surface area contributed by atoms with Crippen molar-refractivity contribution < 1.29 is 14.7 Å². The third-order valence-corrected chi connectivity index (χ3v) is 3.82. The number of hydrogen-bond donors (Lipinski definition) is 1. The Hall–Kier alpha value is -1.92. The largest absolute Gasteiger partial charge is 0.481 e. The summed E-state index contributed by atoms with van der Waals surface area (Å²) in [5, 5.41) is 13.3. The van der Waals surface area contributed by atoms with Crippen molar-refractivity contribution in [3.63, 3.8) is 0 Å². The Morgan fingerprint density at radius 1 is 1.47 bits per heavy atom. The molecule has 1 unspecified atom stereocenters. The van der Waals surface area contributed by atoms with E-state index in [1.165, 1.54) is 17.3 Å². The van der Waals surface area contributed by atoms with Gasteiger partial charge in [-0.2, -0.15) is 5.10 Å². The zero-order valence-electron chi connectivity index (χ0n) is 10.9. The summed E-state index contributed by atoms with van der Waals surface area (Å²) in [5.74, 6) is -0.919. The van der Waals surface area contributed by atoms with Crippen molar-refractivity contribution in [2.75, 3.05) is 13.1 Å². The molecule has 1 saturated heterocycles. The number of aliphatic carboxylic acids is 1. The minimum atomic E-state index is -0.812. The lowest BCUT2D eigenvalue weighted by Gasteiger charge is -2.39. The molecule has 1 aliphatic heterocycles. The predicted molar refractivity (Wildman–Crippen MR) is 66.2 cm³/mol. The highest BCUT2D eigenvalue weighted by Gasteiger charge is 2.42. The number of carboxylic acids is 1. The molecule has 1 amide bonds. The normalized spacial score (nSPS) is 23.3. The molecule has 1 aliphatic rings. The van der Waals surface area contributed by atoms with Gasteiger partial charge in [0, 0.05) is 13.1 Å². The zero-order chi connectivity index (χ0) is 13.9. The second kappa shape index (κ2) is 5.38. The molecule has 1 atom stereocenters. The molecule has 2 rings (SSSR count). The molecule has 0 aliphatic carbocycles. The Bertz CT molecular complexity index is 460. The van der Waals surface area contributed by atoms with Crippen LogP contribution in [0.3, 0.4) is 0 Å². The fourth-order valence-corrected chi connectivity index (χ4v) is 2.51. The van der Waals surface area contributed by atoms with E-state index >= 15 is 0 Å². The average molecular weight is 266 g/mol. The topological polar surface area (TPSA) is 88.3 Å². The first kappa shape index (κ1) is 13.5. The van der Waals surface area contributed by atoms with Crippen LogP contribution >= 0.6 is 0 Å². The Kier molecular flexibility index (Phi) is 3.82. The molecule has 1 aromatic rings. The predicted octanol–water partition coefficient (Wildman–Crippen LogP) is 0.381. The molecule has 1 N–H and O–H groups in total. The standard InChI is InChI=1S/C12H18N4O3/c1-2-12(11(18)19)4-3-5-15(7-12)10(17)6-16-9-13-8-14-16/h8-9H,2-7H2,1H3,(H,18,19). The van der Waals surface area contributed by atoms with Gasteiger partial charge >= 0.3 is 5.97 Å². The van der Waals surface area contributed by atoms with Gasteiger partial charge < -0.3 is 10.0 Å². The zero-order valence-corrected chi connectivity index (χ0v) is 10.9. The van der Waals surface area contributed by atoms with E-state index in [0.717, 1.165) is 6.42 Å². The van der Waals surface area contributed by atoms with E-state index in [0.29, 0.717) is 19.4 Å². The van der Waals surface area contributed by atoms with Crippen LogP contribution in [0.1, 0.15) is 26.2 Å². The molecule has 1 aromatic heterocycles. The van der Waals surface area contributed by atoms with Gasteiger partial charge in [0.15, 0.2) is 0 Å². The number of carbonyl (C=O) groups is 2. The maximum atomic E-state index is 12.1. The molecule has 0 spiro atoms. The van der Waals surface area contributed by atoms with Crippen LogP contribution in [0.4, 0.5) is 0 Å². The minimum Gasteiger partial charge on any atom is -0.481 e. The maximum absolute atomic E-state index is 12.1. The van der Waals surface area contributed by atoms with Gasteiger partial charge in [-0.15, -0.1) is 0 Å². The number of hydrogen-bond acceptors (Lipinski definition) is 4. The van der Waals surface area contributed by atoms with Gasteiger partial charge in [-0.05, 0) is 19.3 Å². The van der Waals surface area contributed by atoms with Gasteiger partial charge in [0.1, 0.15) is 19.2 Å². The maximum Gasteiger partial charge on any atom is 0.311 e. The molecule has 7 heteroatoms. The second-order valence-electron chi connectivity index (χ2n) is 4.95. The fourth-order valence-electron chi connectivity index (χ4n) is 2.51. The fraction of sp³-hybridized carbons (Fsp3) is 0.667. The Balaban J connectivity index is 2.04. The van der Waals surface area contributed by atoms with Gasteiger partial charge in [-0.25, -0.2) is 9.67 Å². The van der Waals surface area contributed by atoms with Crippen LogP contribution in [0.15, 0.2) is 12.7 Å². The quantitative estimate of drug-likeness (QED) is 0.851. The van der Waals surface area contributed by atoms with E-state index in [9.17, 15) is 14.7 Å². The first-order chi connectivity index (χ1) is 9.07. The molecule has 104 valence electrons. The van der Waals surface area contributed by atoms with Crippen LogP contribution in [0, 0.1) is 5.41 Å². The monoisotopic (exact) mass is 266 g/mol. The van der Waals surface area contributed by atoms with Crippen molar-refractivity contribution in [3.05, 3.63) is 12.7 Å². The SMILES string of the molecule is CCC1(C(=O)O)CCCN(C(=O)Cn2cncn2)C1. The summed E-state index contributed by atoms with van der Waals surface area (Å²) < 4.78 is 1.45. The lowest BCUT2D eigenvalue weighted by Crippen LogP contribution is -2.50. The van der Waals surface area contributed by atoms with Crippen molar-refractivity contribution >= 4 is 11.9 Å². The highest BCUT2D eigenvalue weighted by molar-refractivity contribution is 5.79. The van der Waals surface area contributed by atoms with Crippen LogP contribution in [-0.4, -0.2) is 49.7 Å². The van der Waals surface area contributed by atoms with Crippen molar-refractivity contribution in [1.82, 2.24) is 19.7 Å². The molecular formula is C12H18N4O3. The third kappa shape index (κ3) is 2.74. The van der Waals surface area contributed by atoms with Crippen LogP contribution in [0.5, 0.6) is 0 Å².